The molecule has 1 aromatic heterocycles. The van der Waals surface area contributed by atoms with Gasteiger partial charge in [-0.2, -0.15) is 0 Å². The Hall–Kier alpha value is -2.42. The van der Waals surface area contributed by atoms with Gasteiger partial charge in [0, 0.05) is 18.1 Å². The first-order valence-corrected chi connectivity index (χ1v) is 5.70. The Morgan fingerprint density at radius 2 is 1.83 bits per heavy atom. The monoisotopic (exact) mass is 238 g/mol. The third kappa shape index (κ3) is 2.63. The molecule has 0 aliphatic carbocycles. The van der Waals surface area contributed by atoms with Gasteiger partial charge in [-0.1, -0.05) is 30.3 Å². The molecule has 0 spiro atoms. The molecule has 0 radical (unpaired) electrons. The first kappa shape index (κ1) is 12.0. The Labute approximate surface area is 106 Å². The van der Waals surface area contributed by atoms with Crippen LogP contribution in [-0.4, -0.2) is 10.9 Å². The van der Waals surface area contributed by atoms with E-state index in [1.165, 1.54) is 0 Å². The van der Waals surface area contributed by atoms with E-state index in [2.05, 4.69) is 16.9 Å². The molecule has 3 nitrogen and oxygen atoms in total. The zero-order chi connectivity index (χ0) is 12.8. The summed E-state index contributed by atoms with van der Waals surface area (Å²) in [5.41, 5.74) is 1.94. The second-order valence-corrected chi connectivity index (χ2v) is 3.81. The highest BCUT2D eigenvalue weighted by Crippen LogP contribution is 2.32. The molecule has 18 heavy (non-hydrogen) atoms. The maximum atomic E-state index is 11.3. The Kier molecular flexibility index (Phi) is 3.86. The van der Waals surface area contributed by atoms with Gasteiger partial charge in [0.15, 0.2) is 0 Å². The van der Waals surface area contributed by atoms with Crippen LogP contribution in [0.25, 0.3) is 0 Å². The standard InChI is InChI=1S/C10H9NO.C5H5N/c1-2-7-8-5-3-4-6-9(8)11-10(7)12;1-2-4-6-5-3-1/h2-7H,1H2,(H,11,12);1-5H. The summed E-state index contributed by atoms with van der Waals surface area (Å²) in [6, 6.07) is 13.4. The van der Waals surface area contributed by atoms with E-state index in [1.54, 1.807) is 18.5 Å². The fraction of sp³-hybridized carbons (Fsp3) is 0.0667. The summed E-state index contributed by atoms with van der Waals surface area (Å²) in [5.74, 6) is -0.146. The molecular formula is C15H14N2O. The topological polar surface area (TPSA) is 42.0 Å². The number of carbonyl (C=O) groups is 1. The van der Waals surface area contributed by atoms with E-state index in [0.29, 0.717) is 0 Å². The molecule has 1 atom stereocenters. The predicted molar refractivity (Wildman–Crippen MR) is 72.2 cm³/mol. The van der Waals surface area contributed by atoms with Gasteiger partial charge in [-0.15, -0.1) is 6.58 Å². The van der Waals surface area contributed by atoms with Gasteiger partial charge < -0.3 is 5.32 Å². The lowest BCUT2D eigenvalue weighted by molar-refractivity contribution is -0.116. The molecule has 0 fully saturated rings. The number of carbonyl (C=O) groups excluding carboxylic acids is 1. The molecule has 90 valence electrons. The molecule has 0 saturated carbocycles. The second-order valence-electron chi connectivity index (χ2n) is 3.81. The number of pyridine rings is 1. The number of benzene rings is 1. The number of anilines is 1. The Balaban J connectivity index is 0.000000169. The zero-order valence-electron chi connectivity index (χ0n) is 9.91. The number of nitrogens with zero attached hydrogens (tertiary/aromatic N) is 1. The van der Waals surface area contributed by atoms with Crippen molar-refractivity contribution in [1.29, 1.82) is 0 Å². The van der Waals surface area contributed by atoms with Crippen molar-refractivity contribution in [2.75, 3.05) is 5.32 Å². The molecule has 0 bridgehead atoms. The first-order chi connectivity index (χ1) is 8.83. The summed E-state index contributed by atoms with van der Waals surface area (Å²) in [5, 5.41) is 2.79. The Morgan fingerprint density at radius 1 is 1.11 bits per heavy atom. The van der Waals surface area contributed by atoms with E-state index in [9.17, 15) is 4.79 Å². The van der Waals surface area contributed by atoms with Crippen LogP contribution in [0.4, 0.5) is 5.69 Å². The summed E-state index contributed by atoms with van der Waals surface area (Å²) in [6.07, 6.45) is 5.17. The average molecular weight is 238 g/mol. The number of fused-ring (bicyclic) bond motifs is 1. The number of aromatic nitrogens is 1. The van der Waals surface area contributed by atoms with Crippen LogP contribution in [0.1, 0.15) is 11.5 Å². The maximum absolute atomic E-state index is 11.3. The van der Waals surface area contributed by atoms with E-state index < -0.39 is 0 Å². The molecule has 1 aliphatic rings. The third-order valence-electron chi connectivity index (χ3n) is 2.64. The molecule has 0 saturated heterocycles. The summed E-state index contributed by atoms with van der Waals surface area (Å²) < 4.78 is 0. The van der Waals surface area contributed by atoms with Crippen molar-refractivity contribution in [3.8, 4) is 0 Å². The molecule has 1 N–H and O–H groups in total. The SMILES string of the molecule is C=CC1C(=O)Nc2ccccc21.c1ccncc1. The van der Waals surface area contributed by atoms with Crippen LogP contribution >= 0.6 is 0 Å². The number of para-hydroxylation sites is 1. The van der Waals surface area contributed by atoms with E-state index >= 15 is 0 Å². The van der Waals surface area contributed by atoms with Crippen LogP contribution in [0, 0.1) is 0 Å². The highest BCUT2D eigenvalue weighted by molar-refractivity contribution is 6.04. The molecule has 2 heterocycles. The summed E-state index contributed by atoms with van der Waals surface area (Å²) in [4.78, 5) is 15.1. The number of nitrogens with one attached hydrogen (secondary N) is 1. The van der Waals surface area contributed by atoms with Crippen molar-refractivity contribution in [3.05, 3.63) is 73.1 Å². The van der Waals surface area contributed by atoms with Gasteiger partial charge in [0.05, 0.1) is 5.92 Å². The molecular weight excluding hydrogens is 224 g/mol. The quantitative estimate of drug-likeness (QED) is 0.776. The van der Waals surface area contributed by atoms with E-state index in [-0.39, 0.29) is 11.8 Å². The second kappa shape index (κ2) is 5.77. The Morgan fingerprint density at radius 3 is 2.39 bits per heavy atom. The molecule has 2 aromatic rings. The van der Waals surface area contributed by atoms with Crippen molar-refractivity contribution in [1.82, 2.24) is 4.98 Å². The molecule has 1 amide bonds. The van der Waals surface area contributed by atoms with Crippen molar-refractivity contribution in [3.63, 3.8) is 0 Å². The van der Waals surface area contributed by atoms with Gasteiger partial charge >= 0.3 is 0 Å². The first-order valence-electron chi connectivity index (χ1n) is 5.70. The maximum Gasteiger partial charge on any atom is 0.235 e. The number of rotatable bonds is 1. The van der Waals surface area contributed by atoms with Crippen molar-refractivity contribution in [2.24, 2.45) is 0 Å². The minimum Gasteiger partial charge on any atom is -0.325 e. The fourth-order valence-electron chi connectivity index (χ4n) is 1.78. The van der Waals surface area contributed by atoms with Gasteiger partial charge in [0.1, 0.15) is 0 Å². The lowest BCUT2D eigenvalue weighted by atomic mass is 10.0. The number of amides is 1. The van der Waals surface area contributed by atoms with Crippen LogP contribution in [0.3, 0.4) is 0 Å². The fourth-order valence-corrected chi connectivity index (χ4v) is 1.78. The van der Waals surface area contributed by atoms with E-state index in [0.717, 1.165) is 11.3 Å². The van der Waals surface area contributed by atoms with Crippen LogP contribution in [0.2, 0.25) is 0 Å². The zero-order valence-corrected chi connectivity index (χ0v) is 9.91. The summed E-state index contributed by atoms with van der Waals surface area (Å²) in [7, 11) is 0. The third-order valence-corrected chi connectivity index (χ3v) is 2.64. The molecule has 1 unspecified atom stereocenters. The average Bonchev–Trinajstić information content (AvgIpc) is 2.76. The van der Waals surface area contributed by atoms with Gasteiger partial charge in [0.2, 0.25) is 5.91 Å². The lowest BCUT2D eigenvalue weighted by Gasteiger charge is -1.99. The lowest BCUT2D eigenvalue weighted by Crippen LogP contribution is -2.09. The molecule has 3 heteroatoms. The van der Waals surface area contributed by atoms with Crippen LogP contribution in [-0.2, 0) is 4.79 Å². The van der Waals surface area contributed by atoms with Crippen LogP contribution in [0.15, 0.2) is 67.5 Å². The minimum atomic E-state index is -0.166. The highest BCUT2D eigenvalue weighted by Gasteiger charge is 2.26. The van der Waals surface area contributed by atoms with Crippen molar-refractivity contribution in [2.45, 2.75) is 5.92 Å². The van der Waals surface area contributed by atoms with Gasteiger partial charge in [-0.25, -0.2) is 0 Å². The molecule has 3 rings (SSSR count). The van der Waals surface area contributed by atoms with Crippen LogP contribution in [0.5, 0.6) is 0 Å². The van der Waals surface area contributed by atoms with Crippen molar-refractivity contribution >= 4 is 11.6 Å². The predicted octanol–water partition coefficient (Wildman–Crippen LogP) is 2.99. The van der Waals surface area contributed by atoms with Gasteiger partial charge in [0.25, 0.3) is 0 Å². The van der Waals surface area contributed by atoms with Gasteiger partial charge in [-0.3, -0.25) is 9.78 Å². The molecule has 1 aromatic carbocycles. The Bertz CT molecular complexity index is 510. The highest BCUT2D eigenvalue weighted by atomic mass is 16.2. The largest absolute Gasteiger partial charge is 0.325 e. The smallest absolute Gasteiger partial charge is 0.235 e. The van der Waals surface area contributed by atoms with Gasteiger partial charge in [-0.05, 0) is 23.8 Å². The van der Waals surface area contributed by atoms with Crippen molar-refractivity contribution < 1.29 is 4.79 Å². The van der Waals surface area contributed by atoms with E-state index in [1.807, 2.05) is 42.5 Å². The number of hydrogen-bond acceptors (Lipinski definition) is 2. The summed E-state index contributed by atoms with van der Waals surface area (Å²) >= 11 is 0. The summed E-state index contributed by atoms with van der Waals surface area (Å²) in [6.45, 7) is 3.63. The normalized spacial score (nSPS) is 16.0. The van der Waals surface area contributed by atoms with E-state index in [4.69, 9.17) is 0 Å². The minimum absolute atomic E-state index is 0.0196. The number of hydrogen-bond donors (Lipinski definition) is 1. The molecule has 1 aliphatic heterocycles. The van der Waals surface area contributed by atoms with Crippen LogP contribution < -0.4 is 5.32 Å².